The number of aryl methyl sites for hydroxylation is 1. The number of carbonyl (C=O) groups excluding carboxylic acids is 2. The number of rotatable bonds is 9. The van der Waals surface area contributed by atoms with E-state index in [9.17, 15) is 9.59 Å². The first kappa shape index (κ1) is 21.7. The predicted molar refractivity (Wildman–Crippen MR) is 123 cm³/mol. The normalized spacial score (nSPS) is 12.9. The van der Waals surface area contributed by atoms with Gasteiger partial charge in [-0.3, -0.25) is 14.9 Å². The van der Waals surface area contributed by atoms with Gasteiger partial charge in [0.25, 0.3) is 0 Å². The van der Waals surface area contributed by atoms with Crippen molar-refractivity contribution in [2.24, 2.45) is 5.73 Å². The Morgan fingerprint density at radius 1 is 1.03 bits per heavy atom. The van der Waals surface area contributed by atoms with Crippen molar-refractivity contribution >= 4 is 28.8 Å². The van der Waals surface area contributed by atoms with E-state index in [1.807, 2.05) is 18.4 Å². The third-order valence-corrected chi connectivity index (χ3v) is 5.86. The van der Waals surface area contributed by atoms with Gasteiger partial charge >= 0.3 is 0 Å². The van der Waals surface area contributed by atoms with Crippen molar-refractivity contribution in [2.75, 3.05) is 5.32 Å². The van der Waals surface area contributed by atoms with Crippen LogP contribution in [0, 0.1) is 0 Å². The third kappa shape index (κ3) is 5.55. The number of thiophene rings is 1. The van der Waals surface area contributed by atoms with Crippen LogP contribution in [0.4, 0.5) is 5.69 Å². The van der Waals surface area contributed by atoms with E-state index >= 15 is 0 Å². The van der Waals surface area contributed by atoms with Crippen molar-refractivity contribution in [1.82, 2.24) is 5.32 Å². The van der Waals surface area contributed by atoms with Crippen LogP contribution in [0.15, 0.2) is 66.0 Å². The average molecular weight is 422 g/mol. The smallest absolute Gasteiger partial charge is 0.248 e. The standard InChI is InChI=1S/C24H27N3O2S/c1-3-5-17-7-9-18(10-8-17)22(21-6-4-15-30-21)26-16(2)24(29)27-20-13-11-19(12-14-20)23(25)28/h4,6-16,22,26H,3,5H2,1-2H3,(H2,25,28)(H,27,29)/t16-,22+/m1/s1. The van der Waals surface area contributed by atoms with Crippen molar-refractivity contribution in [3.05, 3.63) is 87.6 Å². The lowest BCUT2D eigenvalue weighted by Crippen LogP contribution is -2.40. The van der Waals surface area contributed by atoms with Gasteiger partial charge in [-0.1, -0.05) is 43.7 Å². The molecule has 0 saturated carbocycles. The molecule has 0 radical (unpaired) electrons. The second kappa shape index (κ2) is 10.2. The lowest BCUT2D eigenvalue weighted by Gasteiger charge is -2.23. The predicted octanol–water partition coefficient (Wildman–Crippen LogP) is 4.51. The Morgan fingerprint density at radius 2 is 1.73 bits per heavy atom. The van der Waals surface area contributed by atoms with Crippen LogP contribution in [0.25, 0.3) is 0 Å². The van der Waals surface area contributed by atoms with Crippen LogP contribution in [-0.4, -0.2) is 17.9 Å². The first-order valence-corrected chi connectivity index (χ1v) is 10.9. The van der Waals surface area contributed by atoms with E-state index in [1.54, 1.807) is 35.6 Å². The van der Waals surface area contributed by atoms with Gasteiger partial charge in [-0.25, -0.2) is 0 Å². The van der Waals surface area contributed by atoms with Gasteiger partial charge in [-0.15, -0.1) is 11.3 Å². The summed E-state index contributed by atoms with van der Waals surface area (Å²) in [5.41, 5.74) is 8.73. The number of carbonyl (C=O) groups is 2. The van der Waals surface area contributed by atoms with E-state index < -0.39 is 11.9 Å². The Kier molecular flexibility index (Phi) is 7.38. The third-order valence-electron chi connectivity index (χ3n) is 4.93. The summed E-state index contributed by atoms with van der Waals surface area (Å²) in [6.45, 7) is 4.02. The van der Waals surface area contributed by atoms with Crippen LogP contribution in [0.1, 0.15) is 52.7 Å². The molecule has 0 unspecified atom stereocenters. The molecule has 4 N–H and O–H groups in total. The molecule has 3 rings (SSSR count). The fourth-order valence-corrected chi connectivity index (χ4v) is 4.07. The SMILES string of the molecule is CCCc1ccc([C@H](N[C@H](C)C(=O)Nc2ccc(C(N)=O)cc2)c2cccs2)cc1. The van der Waals surface area contributed by atoms with Crippen molar-refractivity contribution in [3.63, 3.8) is 0 Å². The molecular weight excluding hydrogens is 394 g/mol. The zero-order valence-electron chi connectivity index (χ0n) is 17.2. The number of nitrogens with one attached hydrogen (secondary N) is 2. The highest BCUT2D eigenvalue weighted by Crippen LogP contribution is 2.27. The number of primary amides is 1. The van der Waals surface area contributed by atoms with Gasteiger partial charge in [-0.2, -0.15) is 0 Å². The van der Waals surface area contributed by atoms with Crippen LogP contribution in [-0.2, 0) is 11.2 Å². The Bertz CT molecular complexity index is 967. The van der Waals surface area contributed by atoms with Gasteiger partial charge in [0.05, 0.1) is 12.1 Å². The lowest BCUT2D eigenvalue weighted by molar-refractivity contribution is -0.117. The maximum Gasteiger partial charge on any atom is 0.248 e. The summed E-state index contributed by atoms with van der Waals surface area (Å²) in [5.74, 6) is -0.641. The summed E-state index contributed by atoms with van der Waals surface area (Å²) in [6.07, 6.45) is 2.17. The fraction of sp³-hybridized carbons (Fsp3) is 0.250. The topological polar surface area (TPSA) is 84.2 Å². The number of anilines is 1. The molecule has 6 heteroatoms. The minimum Gasteiger partial charge on any atom is -0.366 e. The minimum absolute atomic E-state index is 0.0707. The highest BCUT2D eigenvalue weighted by molar-refractivity contribution is 7.10. The Labute approximate surface area is 181 Å². The average Bonchev–Trinajstić information content (AvgIpc) is 3.27. The molecule has 0 fully saturated rings. The second-order valence-corrected chi connectivity index (χ2v) is 8.24. The number of hydrogen-bond donors (Lipinski definition) is 3. The van der Waals surface area contributed by atoms with Crippen LogP contribution in [0.2, 0.25) is 0 Å². The van der Waals surface area contributed by atoms with Crippen LogP contribution in [0.5, 0.6) is 0 Å². The maximum atomic E-state index is 12.7. The number of benzene rings is 2. The molecule has 30 heavy (non-hydrogen) atoms. The molecule has 5 nitrogen and oxygen atoms in total. The van der Waals surface area contributed by atoms with E-state index in [0.717, 1.165) is 23.3 Å². The summed E-state index contributed by atoms with van der Waals surface area (Å²) >= 11 is 1.66. The van der Waals surface area contributed by atoms with Gasteiger partial charge in [0, 0.05) is 16.1 Å². The molecule has 2 aromatic carbocycles. The lowest BCUT2D eigenvalue weighted by atomic mass is 10.0. The summed E-state index contributed by atoms with van der Waals surface area (Å²) in [4.78, 5) is 25.1. The number of nitrogens with two attached hydrogens (primary N) is 1. The molecule has 0 spiro atoms. The molecular formula is C24H27N3O2S. The quantitative estimate of drug-likeness (QED) is 0.475. The molecule has 2 atom stereocenters. The molecule has 3 aromatic rings. The fourth-order valence-electron chi connectivity index (χ4n) is 3.26. The van der Waals surface area contributed by atoms with Crippen molar-refractivity contribution in [2.45, 2.75) is 38.8 Å². The molecule has 1 aromatic heterocycles. The van der Waals surface area contributed by atoms with Crippen molar-refractivity contribution < 1.29 is 9.59 Å². The van der Waals surface area contributed by atoms with Gasteiger partial charge in [0.1, 0.15) is 0 Å². The summed E-state index contributed by atoms with van der Waals surface area (Å²) < 4.78 is 0. The Balaban J connectivity index is 1.72. The first-order chi connectivity index (χ1) is 14.5. The Hall–Kier alpha value is -2.96. The highest BCUT2D eigenvalue weighted by Gasteiger charge is 2.21. The van der Waals surface area contributed by atoms with E-state index in [4.69, 9.17) is 5.73 Å². The van der Waals surface area contributed by atoms with Crippen molar-refractivity contribution in [1.29, 1.82) is 0 Å². The van der Waals surface area contributed by atoms with Crippen LogP contribution >= 0.6 is 11.3 Å². The van der Waals surface area contributed by atoms with Crippen LogP contribution < -0.4 is 16.4 Å². The monoisotopic (exact) mass is 421 g/mol. The zero-order valence-corrected chi connectivity index (χ0v) is 18.0. The molecule has 156 valence electrons. The molecule has 2 amide bonds. The van der Waals surface area contributed by atoms with Crippen LogP contribution in [0.3, 0.4) is 0 Å². The number of hydrogen-bond acceptors (Lipinski definition) is 4. The van der Waals surface area contributed by atoms with Gasteiger partial charge in [0.2, 0.25) is 11.8 Å². The van der Waals surface area contributed by atoms with E-state index in [1.165, 1.54) is 5.56 Å². The summed E-state index contributed by atoms with van der Waals surface area (Å²) in [6, 6.07) is 18.7. The first-order valence-electron chi connectivity index (χ1n) is 10.1. The largest absolute Gasteiger partial charge is 0.366 e. The highest BCUT2D eigenvalue weighted by atomic mass is 32.1. The van der Waals surface area contributed by atoms with Gasteiger partial charge in [0.15, 0.2) is 0 Å². The number of amides is 2. The molecule has 0 aliphatic heterocycles. The minimum atomic E-state index is -0.494. The molecule has 0 aliphatic rings. The second-order valence-electron chi connectivity index (χ2n) is 7.26. The zero-order chi connectivity index (χ0) is 21.5. The molecule has 1 heterocycles. The maximum absolute atomic E-state index is 12.7. The molecule has 0 aliphatic carbocycles. The van der Waals surface area contributed by atoms with Crippen molar-refractivity contribution in [3.8, 4) is 0 Å². The summed E-state index contributed by atoms with van der Waals surface area (Å²) in [5, 5.41) is 8.39. The molecule has 0 bridgehead atoms. The van der Waals surface area contributed by atoms with Gasteiger partial charge in [-0.05, 0) is 60.2 Å². The molecule has 0 saturated heterocycles. The summed E-state index contributed by atoms with van der Waals surface area (Å²) in [7, 11) is 0. The van der Waals surface area contributed by atoms with Gasteiger partial charge < -0.3 is 11.1 Å². The van der Waals surface area contributed by atoms with E-state index in [-0.39, 0.29) is 11.9 Å². The van der Waals surface area contributed by atoms with E-state index in [0.29, 0.717) is 11.3 Å². The Morgan fingerprint density at radius 3 is 2.30 bits per heavy atom. The van der Waals surface area contributed by atoms with E-state index in [2.05, 4.69) is 47.9 Å².